The van der Waals surface area contributed by atoms with Crippen LogP contribution in [0.4, 0.5) is 0 Å². The smallest absolute Gasteiger partial charge is 0 e. The molecule has 4 heavy (non-hydrogen) atoms. The van der Waals surface area contributed by atoms with Crippen LogP contribution < -0.4 is 0 Å². The maximum Gasteiger partial charge on any atom is 0 e. The van der Waals surface area contributed by atoms with E-state index in [9.17, 15) is 0 Å². The second-order valence-corrected chi connectivity index (χ2v) is 0.986. The molecule has 0 bridgehead atoms. The fraction of sp³-hybridized carbons (Fsp3) is 0. The molecule has 0 saturated carbocycles. The molecule has 4 heteroatoms. The van der Waals surface area contributed by atoms with Crippen LogP contribution in [0.3, 0.4) is 0 Å². The van der Waals surface area contributed by atoms with Crippen LogP contribution in [-0.4, -0.2) is 9.45 Å². The Bertz CT molecular complexity index is 79.2. The summed E-state index contributed by atoms with van der Waals surface area (Å²) in [5.74, 6) is 0. The minimum atomic E-state index is -0.770. The van der Waals surface area contributed by atoms with Gasteiger partial charge in [-0.25, -0.2) is 0 Å². The Morgan fingerprint density at radius 3 is 1.25 bits per heavy atom. The van der Waals surface area contributed by atoms with Crippen molar-refractivity contribution < 1.29 is 56.9 Å². The molecule has 0 aliphatic heterocycles. The Morgan fingerprint density at radius 1 is 1.25 bits per heavy atom. The van der Waals surface area contributed by atoms with Gasteiger partial charge in [-0.3, -0.25) is 0 Å². The van der Waals surface area contributed by atoms with Crippen molar-refractivity contribution in [2.45, 2.75) is 0 Å². The van der Waals surface area contributed by atoms with Crippen LogP contribution in [0.15, 0.2) is 0 Å². The van der Waals surface area contributed by atoms with Crippen molar-refractivity contribution in [3.05, 3.63) is 0 Å². The molecule has 0 aliphatic rings. The molecule has 0 aromatic heterocycles. The van der Waals surface area contributed by atoms with E-state index >= 15 is 0 Å². The number of hydrogen-bond donors (Lipinski definition) is 0. The Morgan fingerprint density at radius 2 is 1.25 bits per heavy atom. The first kappa shape index (κ1) is 9.51. The third-order valence-electron chi connectivity index (χ3n) is 0. The van der Waals surface area contributed by atoms with Gasteiger partial charge >= 0.3 is 30.8 Å². The van der Waals surface area contributed by atoms with Crippen LogP contribution in [0.1, 0.15) is 0 Å². The maximum atomic E-state index is 4.80. The molecule has 0 aromatic rings. The molecule has 0 amide bonds. The Kier molecular flexibility index (Phi) is 21.3. The number of rotatable bonds is 0. The molecule has 0 spiro atoms. The van der Waals surface area contributed by atoms with Crippen LogP contribution >= 0.6 is 0 Å². The van der Waals surface area contributed by atoms with Gasteiger partial charge in [-0.05, 0) is 0 Å². The van der Waals surface area contributed by atoms with Gasteiger partial charge in [0.25, 0.3) is 0 Å². The van der Waals surface area contributed by atoms with Gasteiger partial charge < -0.3 is 0 Å². The minimum absolute atomic E-state index is 0. The zero-order valence-corrected chi connectivity index (χ0v) is 8.32. The van der Waals surface area contributed by atoms with Crippen LogP contribution in [-0.2, 0) is 21.3 Å². The monoisotopic (exact) mass is 251 g/mol. The summed E-state index contributed by atoms with van der Waals surface area (Å²) in [6, 6.07) is 0. The van der Waals surface area contributed by atoms with Gasteiger partial charge in [0.2, 0.25) is 0 Å². The Balaban J connectivity index is 0. The maximum absolute atomic E-state index is 4.80. The van der Waals surface area contributed by atoms with Gasteiger partial charge in [0.1, 0.15) is 0 Å². The molecular formula is B2LaZr. The van der Waals surface area contributed by atoms with Crippen molar-refractivity contribution in [3.63, 3.8) is 0 Å². The molecule has 0 aromatic carbocycles. The average molecular weight is 252 g/mol. The molecule has 0 fully saturated rings. The van der Waals surface area contributed by atoms with E-state index < -0.39 is 21.3 Å². The largest absolute Gasteiger partial charge is 0 e. The Hall–Kier alpha value is 2.21. The quantitative estimate of drug-likeness (QED) is 0.497. The summed E-state index contributed by atoms with van der Waals surface area (Å²) in [4.78, 5) is 0. The van der Waals surface area contributed by atoms with E-state index in [1.165, 1.54) is 0 Å². The summed E-state index contributed by atoms with van der Waals surface area (Å²) in [7, 11) is 0. The van der Waals surface area contributed by atoms with Crippen LogP contribution in [0.5, 0.6) is 0 Å². The summed E-state index contributed by atoms with van der Waals surface area (Å²) in [5.41, 5.74) is 0. The van der Waals surface area contributed by atoms with Crippen LogP contribution in [0.2, 0.25) is 0 Å². The van der Waals surface area contributed by atoms with Crippen molar-refractivity contribution in [3.8, 4) is 0 Å². The van der Waals surface area contributed by atoms with E-state index in [0.29, 0.717) is 0 Å². The first-order valence-corrected chi connectivity index (χ1v) is 3.42. The van der Waals surface area contributed by atoms with Crippen molar-refractivity contribution in [1.29, 1.82) is 0 Å². The van der Waals surface area contributed by atoms with Gasteiger partial charge in [0.05, 0.1) is 0 Å². The predicted octanol–water partition coefficient (Wildman–Crippen LogP) is -0.764. The van der Waals surface area contributed by atoms with E-state index in [4.69, 9.17) is 9.45 Å². The molecule has 0 N–H and O–H groups in total. The number of hydrogen-bond acceptors (Lipinski definition) is 0. The topological polar surface area (TPSA) is 0 Å². The van der Waals surface area contributed by atoms with E-state index in [-0.39, 0.29) is 35.6 Å². The van der Waals surface area contributed by atoms with Crippen molar-refractivity contribution in [2.24, 2.45) is 0 Å². The third-order valence-corrected chi connectivity index (χ3v) is 0. The standard InChI is InChI=1S/2B.La.Zr. The molecule has 0 unspecified atom stereocenters. The molecule has 0 nitrogen and oxygen atoms in total. The van der Waals surface area contributed by atoms with Crippen molar-refractivity contribution >= 4 is 9.45 Å². The first-order valence-electron chi connectivity index (χ1n) is 0.577. The van der Waals surface area contributed by atoms with E-state index in [2.05, 4.69) is 0 Å². The zero-order valence-electron chi connectivity index (χ0n) is 2.23. The molecule has 13 valence electrons. The molecular weight excluding hydrogens is 252 g/mol. The third kappa shape index (κ3) is 8.88. The normalized spacial score (nSPS) is 6.00. The summed E-state index contributed by atoms with van der Waals surface area (Å²) in [5, 5.41) is 0. The zero-order chi connectivity index (χ0) is 2.71. The minimum Gasteiger partial charge on any atom is 0 e. The van der Waals surface area contributed by atoms with Gasteiger partial charge in [-0.15, -0.1) is 0 Å². The van der Waals surface area contributed by atoms with Gasteiger partial charge in [0, 0.05) is 35.6 Å². The SMILES string of the molecule is [B]#[Zr]#[B].[La]. The summed E-state index contributed by atoms with van der Waals surface area (Å²) in [6.07, 6.45) is 0. The first-order chi connectivity index (χ1) is 1.41. The molecule has 0 atom stereocenters. The van der Waals surface area contributed by atoms with E-state index in [1.54, 1.807) is 0 Å². The van der Waals surface area contributed by atoms with Gasteiger partial charge in [-0.2, -0.15) is 0 Å². The molecule has 1 radical (unpaired) electrons. The second-order valence-electron chi connectivity index (χ2n) is 0.167. The van der Waals surface area contributed by atoms with Crippen molar-refractivity contribution in [2.75, 3.05) is 0 Å². The molecule has 0 rings (SSSR count). The average Bonchev–Trinajstić information content (AvgIpc) is 0.918. The fourth-order valence-electron chi connectivity index (χ4n) is 0. The van der Waals surface area contributed by atoms with E-state index in [1.807, 2.05) is 0 Å². The summed E-state index contributed by atoms with van der Waals surface area (Å²) >= 11 is -0.770. The van der Waals surface area contributed by atoms with Gasteiger partial charge in [0.15, 0.2) is 0 Å². The van der Waals surface area contributed by atoms with Crippen LogP contribution in [0.25, 0.3) is 0 Å². The Labute approximate surface area is 65.1 Å². The van der Waals surface area contributed by atoms with Crippen LogP contribution in [0, 0.1) is 35.6 Å². The summed E-state index contributed by atoms with van der Waals surface area (Å²) < 4.78 is 9.59. The molecule has 0 heterocycles. The molecule has 0 saturated heterocycles. The summed E-state index contributed by atoms with van der Waals surface area (Å²) in [6.45, 7) is 0. The van der Waals surface area contributed by atoms with Crippen molar-refractivity contribution in [1.82, 2.24) is 0 Å². The van der Waals surface area contributed by atoms with E-state index in [0.717, 1.165) is 0 Å². The van der Waals surface area contributed by atoms with Gasteiger partial charge in [-0.1, -0.05) is 0 Å². The second kappa shape index (κ2) is 8.96. The molecule has 0 aliphatic carbocycles. The fourth-order valence-corrected chi connectivity index (χ4v) is 0. The predicted molar refractivity (Wildman–Crippen MR) is 11.5 cm³/mol.